The Bertz CT molecular complexity index is 1100. The molecule has 0 aliphatic heterocycles. The number of nitrogens with zero attached hydrogens (tertiary/aromatic N) is 1. The van der Waals surface area contributed by atoms with E-state index in [9.17, 15) is 13.2 Å². The zero-order chi connectivity index (χ0) is 21.7. The van der Waals surface area contributed by atoms with Crippen molar-refractivity contribution in [3.63, 3.8) is 0 Å². The van der Waals surface area contributed by atoms with Gasteiger partial charge in [-0.15, -0.1) is 0 Å². The SMILES string of the molecule is CC(C(=O)Nc1ccc(Oc2ccccc2)cc1)N(c1ccc(Cl)cc1)S(C)(=O)=O. The van der Waals surface area contributed by atoms with E-state index in [4.69, 9.17) is 16.3 Å². The number of nitrogens with one attached hydrogen (secondary N) is 1. The van der Waals surface area contributed by atoms with Crippen LogP contribution in [0.5, 0.6) is 11.5 Å². The number of hydrogen-bond donors (Lipinski definition) is 1. The first-order valence-electron chi connectivity index (χ1n) is 9.13. The molecule has 0 saturated carbocycles. The quantitative estimate of drug-likeness (QED) is 0.560. The summed E-state index contributed by atoms with van der Waals surface area (Å²) in [6, 6.07) is 21.5. The van der Waals surface area contributed by atoms with Crippen molar-refractivity contribution in [3.8, 4) is 11.5 Å². The molecule has 0 bridgehead atoms. The van der Waals surface area contributed by atoms with Crippen LogP contribution in [0.25, 0.3) is 0 Å². The fraction of sp³-hybridized carbons (Fsp3) is 0.136. The first-order valence-corrected chi connectivity index (χ1v) is 11.4. The molecule has 0 spiro atoms. The van der Waals surface area contributed by atoms with Gasteiger partial charge in [0.25, 0.3) is 0 Å². The lowest BCUT2D eigenvalue weighted by Gasteiger charge is -2.28. The highest BCUT2D eigenvalue weighted by Crippen LogP contribution is 2.25. The summed E-state index contributed by atoms with van der Waals surface area (Å²) in [6.45, 7) is 1.53. The Morgan fingerprint density at radius 1 is 0.933 bits per heavy atom. The first kappa shape index (κ1) is 21.7. The van der Waals surface area contributed by atoms with Crippen LogP contribution in [0.1, 0.15) is 6.92 Å². The Morgan fingerprint density at radius 3 is 2.07 bits per heavy atom. The van der Waals surface area contributed by atoms with Crippen LogP contribution in [0.3, 0.4) is 0 Å². The van der Waals surface area contributed by atoms with E-state index in [0.717, 1.165) is 10.6 Å². The number of ether oxygens (including phenoxy) is 1. The molecule has 0 radical (unpaired) electrons. The van der Waals surface area contributed by atoms with Crippen LogP contribution in [-0.4, -0.2) is 26.6 Å². The number of carbonyl (C=O) groups excluding carboxylic acids is 1. The Kier molecular flexibility index (Phi) is 6.64. The molecule has 0 fully saturated rings. The molecule has 0 heterocycles. The molecule has 6 nitrogen and oxygen atoms in total. The summed E-state index contributed by atoms with van der Waals surface area (Å²) < 4.78 is 31.4. The van der Waals surface area contributed by atoms with Crippen molar-refractivity contribution >= 4 is 38.9 Å². The minimum atomic E-state index is -3.70. The Balaban J connectivity index is 1.72. The number of benzene rings is 3. The third-order valence-electron chi connectivity index (χ3n) is 4.27. The second-order valence-corrected chi connectivity index (χ2v) is 8.94. The largest absolute Gasteiger partial charge is 0.457 e. The van der Waals surface area contributed by atoms with Gasteiger partial charge in [-0.05, 0) is 67.6 Å². The zero-order valence-corrected chi connectivity index (χ0v) is 18.0. The van der Waals surface area contributed by atoms with E-state index < -0.39 is 22.0 Å². The predicted molar refractivity (Wildman–Crippen MR) is 120 cm³/mol. The van der Waals surface area contributed by atoms with Gasteiger partial charge in [-0.1, -0.05) is 29.8 Å². The van der Waals surface area contributed by atoms with Crippen molar-refractivity contribution in [2.45, 2.75) is 13.0 Å². The summed E-state index contributed by atoms with van der Waals surface area (Å²) in [6.07, 6.45) is 1.06. The van der Waals surface area contributed by atoms with Crippen molar-refractivity contribution < 1.29 is 17.9 Å². The molecule has 156 valence electrons. The van der Waals surface area contributed by atoms with Gasteiger partial charge in [0, 0.05) is 10.7 Å². The Morgan fingerprint density at radius 2 is 1.50 bits per heavy atom. The van der Waals surface area contributed by atoms with Gasteiger partial charge in [0.15, 0.2) is 0 Å². The van der Waals surface area contributed by atoms with Crippen LogP contribution in [0.15, 0.2) is 78.9 Å². The van der Waals surface area contributed by atoms with Gasteiger partial charge >= 0.3 is 0 Å². The molecule has 0 saturated heterocycles. The van der Waals surface area contributed by atoms with Crippen LogP contribution < -0.4 is 14.4 Å². The number of carbonyl (C=O) groups is 1. The minimum absolute atomic E-state index is 0.358. The molecule has 1 atom stereocenters. The highest BCUT2D eigenvalue weighted by atomic mass is 35.5. The van der Waals surface area contributed by atoms with Crippen molar-refractivity contribution in [1.29, 1.82) is 0 Å². The number of anilines is 2. The maximum Gasteiger partial charge on any atom is 0.247 e. The fourth-order valence-electron chi connectivity index (χ4n) is 2.87. The highest BCUT2D eigenvalue weighted by Gasteiger charge is 2.29. The third-order valence-corrected chi connectivity index (χ3v) is 5.76. The first-order chi connectivity index (χ1) is 14.2. The molecule has 0 aliphatic rings. The highest BCUT2D eigenvalue weighted by molar-refractivity contribution is 7.92. The average Bonchev–Trinajstić information content (AvgIpc) is 2.71. The fourth-order valence-corrected chi connectivity index (χ4v) is 4.18. The summed E-state index contributed by atoms with van der Waals surface area (Å²) in [7, 11) is -3.70. The number of para-hydroxylation sites is 1. The van der Waals surface area contributed by atoms with E-state index in [1.54, 1.807) is 48.5 Å². The van der Waals surface area contributed by atoms with Gasteiger partial charge in [0.1, 0.15) is 17.5 Å². The molecule has 1 N–H and O–H groups in total. The van der Waals surface area contributed by atoms with Crippen LogP contribution >= 0.6 is 11.6 Å². The van der Waals surface area contributed by atoms with Gasteiger partial charge in [0.05, 0.1) is 11.9 Å². The van der Waals surface area contributed by atoms with E-state index >= 15 is 0 Å². The molecule has 0 aromatic heterocycles. The summed E-state index contributed by atoms with van der Waals surface area (Å²) in [5, 5.41) is 3.21. The summed E-state index contributed by atoms with van der Waals surface area (Å²) in [5.74, 6) is 0.855. The predicted octanol–water partition coefficient (Wildman–Crippen LogP) is 4.93. The molecule has 3 aromatic carbocycles. The zero-order valence-electron chi connectivity index (χ0n) is 16.4. The summed E-state index contributed by atoms with van der Waals surface area (Å²) in [4.78, 5) is 12.7. The van der Waals surface area contributed by atoms with Gasteiger partial charge < -0.3 is 10.1 Å². The molecule has 8 heteroatoms. The van der Waals surface area contributed by atoms with Crippen LogP contribution in [-0.2, 0) is 14.8 Å². The summed E-state index contributed by atoms with van der Waals surface area (Å²) >= 11 is 5.89. The lowest BCUT2D eigenvalue weighted by Crippen LogP contribution is -2.45. The van der Waals surface area contributed by atoms with Gasteiger partial charge in [-0.2, -0.15) is 0 Å². The number of sulfonamides is 1. The smallest absolute Gasteiger partial charge is 0.247 e. The molecular weight excluding hydrogens is 424 g/mol. The molecule has 3 rings (SSSR count). The van der Waals surface area contributed by atoms with Gasteiger partial charge in [0.2, 0.25) is 15.9 Å². The second-order valence-electron chi connectivity index (χ2n) is 6.64. The topological polar surface area (TPSA) is 75.7 Å². The van der Waals surface area contributed by atoms with E-state index in [1.807, 2.05) is 30.3 Å². The van der Waals surface area contributed by atoms with Crippen LogP contribution in [0.2, 0.25) is 5.02 Å². The Labute approximate surface area is 181 Å². The normalized spacial score (nSPS) is 12.1. The van der Waals surface area contributed by atoms with Gasteiger partial charge in [-0.25, -0.2) is 8.42 Å². The standard InChI is InChI=1S/C22H21ClN2O4S/c1-16(25(30(2,27)28)19-12-8-17(23)9-13-19)22(26)24-18-10-14-21(15-11-18)29-20-6-4-3-5-7-20/h3-16H,1-2H3,(H,24,26). The van der Waals surface area contributed by atoms with Crippen molar-refractivity contribution in [3.05, 3.63) is 83.9 Å². The molecule has 3 aromatic rings. The second kappa shape index (κ2) is 9.19. The average molecular weight is 445 g/mol. The molecule has 1 unspecified atom stereocenters. The molecular formula is C22H21ClN2O4S. The molecule has 1 amide bonds. The number of halogens is 1. The monoisotopic (exact) mass is 444 g/mol. The maximum absolute atomic E-state index is 12.7. The Hall–Kier alpha value is -3.03. The third kappa shape index (κ3) is 5.52. The summed E-state index contributed by atoms with van der Waals surface area (Å²) in [5.41, 5.74) is 0.882. The molecule has 30 heavy (non-hydrogen) atoms. The van der Waals surface area contributed by atoms with Crippen LogP contribution in [0, 0.1) is 0 Å². The van der Waals surface area contributed by atoms with E-state index in [1.165, 1.54) is 6.92 Å². The lowest BCUT2D eigenvalue weighted by atomic mass is 10.2. The van der Waals surface area contributed by atoms with Crippen LogP contribution in [0.4, 0.5) is 11.4 Å². The number of rotatable bonds is 7. The van der Waals surface area contributed by atoms with Crippen molar-refractivity contribution in [1.82, 2.24) is 0 Å². The maximum atomic E-state index is 12.7. The lowest BCUT2D eigenvalue weighted by molar-refractivity contribution is -0.116. The number of hydrogen-bond acceptors (Lipinski definition) is 4. The minimum Gasteiger partial charge on any atom is -0.457 e. The van der Waals surface area contributed by atoms with E-state index in [0.29, 0.717) is 27.9 Å². The molecule has 0 aliphatic carbocycles. The van der Waals surface area contributed by atoms with Gasteiger partial charge in [-0.3, -0.25) is 9.10 Å². The van der Waals surface area contributed by atoms with Crippen molar-refractivity contribution in [2.75, 3.05) is 15.9 Å². The number of amides is 1. The van der Waals surface area contributed by atoms with E-state index in [-0.39, 0.29) is 0 Å². The van der Waals surface area contributed by atoms with E-state index in [2.05, 4.69) is 5.32 Å². The van der Waals surface area contributed by atoms with Crippen molar-refractivity contribution in [2.24, 2.45) is 0 Å².